The molecule has 0 aliphatic carbocycles. The summed E-state index contributed by atoms with van der Waals surface area (Å²) in [6.07, 6.45) is 2.37. The molecule has 1 heterocycles. The van der Waals surface area contributed by atoms with Gasteiger partial charge in [0.2, 0.25) is 5.91 Å². The normalized spacial score (nSPS) is 16.7. The van der Waals surface area contributed by atoms with Crippen molar-refractivity contribution >= 4 is 11.8 Å². The van der Waals surface area contributed by atoms with Crippen LogP contribution in [-0.4, -0.2) is 43.0 Å². The number of amides is 2. The van der Waals surface area contributed by atoms with Gasteiger partial charge in [0.05, 0.1) is 7.11 Å². The molecule has 0 bridgehead atoms. The maximum Gasteiger partial charge on any atom is 0.253 e. The van der Waals surface area contributed by atoms with Crippen molar-refractivity contribution in [1.82, 2.24) is 10.2 Å². The molecule has 5 nitrogen and oxygen atoms in total. The number of ether oxygens (including phenoxy) is 1. The molecule has 2 amide bonds. The maximum absolute atomic E-state index is 12.5. The quantitative estimate of drug-likeness (QED) is 0.907. The lowest BCUT2D eigenvalue weighted by Gasteiger charge is -2.32. The SMILES string of the molecule is CCC(C)NC(=O)C1CCN(C(=O)c2cccc(OC)c2)CC1. The van der Waals surface area contributed by atoms with Crippen LogP contribution in [0.1, 0.15) is 43.5 Å². The van der Waals surface area contributed by atoms with Crippen molar-refractivity contribution in [3.05, 3.63) is 29.8 Å². The number of carbonyl (C=O) groups excluding carboxylic acids is 2. The Morgan fingerprint density at radius 3 is 2.65 bits per heavy atom. The molecule has 1 aromatic carbocycles. The molecule has 1 unspecified atom stereocenters. The summed E-state index contributed by atoms with van der Waals surface area (Å²) < 4.78 is 5.16. The number of methoxy groups -OCH3 is 1. The van der Waals surface area contributed by atoms with Gasteiger partial charge < -0.3 is 15.0 Å². The first-order chi connectivity index (χ1) is 11.0. The summed E-state index contributed by atoms with van der Waals surface area (Å²) >= 11 is 0. The Morgan fingerprint density at radius 1 is 1.35 bits per heavy atom. The average Bonchev–Trinajstić information content (AvgIpc) is 2.61. The van der Waals surface area contributed by atoms with E-state index in [1.165, 1.54) is 0 Å². The third kappa shape index (κ3) is 4.47. The van der Waals surface area contributed by atoms with Gasteiger partial charge in [-0.05, 0) is 44.4 Å². The Hall–Kier alpha value is -2.04. The lowest BCUT2D eigenvalue weighted by atomic mass is 9.95. The highest BCUT2D eigenvalue weighted by Gasteiger charge is 2.28. The first-order valence-corrected chi connectivity index (χ1v) is 8.28. The number of nitrogens with zero attached hydrogens (tertiary/aromatic N) is 1. The summed E-state index contributed by atoms with van der Waals surface area (Å²) in [5.41, 5.74) is 0.631. The van der Waals surface area contributed by atoms with Crippen LogP contribution in [0.15, 0.2) is 24.3 Å². The molecule has 1 fully saturated rings. The van der Waals surface area contributed by atoms with E-state index in [0.717, 1.165) is 19.3 Å². The van der Waals surface area contributed by atoms with Gasteiger partial charge in [0.15, 0.2) is 0 Å². The van der Waals surface area contributed by atoms with E-state index in [9.17, 15) is 9.59 Å². The van der Waals surface area contributed by atoms with Crippen LogP contribution in [0.3, 0.4) is 0 Å². The van der Waals surface area contributed by atoms with Crippen LogP contribution in [-0.2, 0) is 4.79 Å². The van der Waals surface area contributed by atoms with E-state index in [1.54, 1.807) is 19.2 Å². The largest absolute Gasteiger partial charge is 0.497 e. The fourth-order valence-electron chi connectivity index (χ4n) is 2.75. The minimum Gasteiger partial charge on any atom is -0.497 e. The van der Waals surface area contributed by atoms with Crippen molar-refractivity contribution in [2.45, 2.75) is 39.2 Å². The summed E-state index contributed by atoms with van der Waals surface area (Å²) in [5.74, 6) is 0.814. The van der Waals surface area contributed by atoms with Gasteiger partial charge in [-0.3, -0.25) is 9.59 Å². The summed E-state index contributed by atoms with van der Waals surface area (Å²) in [7, 11) is 1.59. The predicted octanol–water partition coefficient (Wildman–Crippen LogP) is 2.46. The van der Waals surface area contributed by atoms with E-state index in [0.29, 0.717) is 24.4 Å². The summed E-state index contributed by atoms with van der Waals surface area (Å²) in [6.45, 7) is 5.31. The van der Waals surface area contributed by atoms with Gasteiger partial charge in [-0.1, -0.05) is 13.0 Å². The van der Waals surface area contributed by atoms with E-state index in [2.05, 4.69) is 12.2 Å². The lowest BCUT2D eigenvalue weighted by Crippen LogP contribution is -2.44. The molecule has 2 rings (SSSR count). The zero-order valence-electron chi connectivity index (χ0n) is 14.2. The van der Waals surface area contributed by atoms with Crippen molar-refractivity contribution < 1.29 is 14.3 Å². The van der Waals surface area contributed by atoms with E-state index >= 15 is 0 Å². The third-order valence-electron chi connectivity index (χ3n) is 4.47. The van der Waals surface area contributed by atoms with Gasteiger partial charge in [-0.2, -0.15) is 0 Å². The molecule has 1 aliphatic rings. The minimum atomic E-state index is 0.00434. The second-order valence-corrected chi connectivity index (χ2v) is 6.12. The molecular weight excluding hydrogens is 292 g/mol. The number of piperidine rings is 1. The minimum absolute atomic E-state index is 0.00434. The zero-order chi connectivity index (χ0) is 16.8. The molecule has 23 heavy (non-hydrogen) atoms. The Labute approximate surface area is 138 Å². The first kappa shape index (κ1) is 17.3. The molecular formula is C18H26N2O3. The first-order valence-electron chi connectivity index (χ1n) is 8.28. The van der Waals surface area contributed by atoms with Gasteiger partial charge in [-0.15, -0.1) is 0 Å². The summed E-state index contributed by atoms with van der Waals surface area (Å²) in [4.78, 5) is 26.5. The van der Waals surface area contributed by atoms with E-state index in [1.807, 2.05) is 24.0 Å². The van der Waals surface area contributed by atoms with Crippen LogP contribution in [0, 0.1) is 5.92 Å². The number of carbonyl (C=O) groups is 2. The van der Waals surface area contributed by atoms with Crippen LogP contribution < -0.4 is 10.1 Å². The predicted molar refractivity (Wildman–Crippen MR) is 89.5 cm³/mol. The van der Waals surface area contributed by atoms with Crippen molar-refractivity contribution in [2.24, 2.45) is 5.92 Å². The smallest absolute Gasteiger partial charge is 0.253 e. The fourth-order valence-corrected chi connectivity index (χ4v) is 2.75. The van der Waals surface area contributed by atoms with Crippen LogP contribution in [0.2, 0.25) is 0 Å². The van der Waals surface area contributed by atoms with Gasteiger partial charge in [0, 0.05) is 30.6 Å². The summed E-state index contributed by atoms with van der Waals surface area (Å²) in [6, 6.07) is 7.40. The van der Waals surface area contributed by atoms with Gasteiger partial charge in [-0.25, -0.2) is 0 Å². The van der Waals surface area contributed by atoms with Crippen molar-refractivity contribution in [3.63, 3.8) is 0 Å². The average molecular weight is 318 g/mol. The van der Waals surface area contributed by atoms with Gasteiger partial charge >= 0.3 is 0 Å². The van der Waals surface area contributed by atoms with E-state index in [-0.39, 0.29) is 23.8 Å². The number of likely N-dealkylation sites (tertiary alicyclic amines) is 1. The van der Waals surface area contributed by atoms with Crippen molar-refractivity contribution in [3.8, 4) is 5.75 Å². The standard InChI is InChI=1S/C18H26N2O3/c1-4-13(2)19-17(21)14-8-10-20(11-9-14)18(22)15-6-5-7-16(12-15)23-3/h5-7,12-14H,4,8-11H2,1-3H3,(H,19,21). The number of hydrogen-bond donors (Lipinski definition) is 1. The Balaban J connectivity index is 1.90. The highest BCUT2D eigenvalue weighted by molar-refractivity contribution is 5.94. The van der Waals surface area contributed by atoms with Crippen LogP contribution in [0.25, 0.3) is 0 Å². The number of nitrogens with one attached hydrogen (secondary N) is 1. The molecule has 1 aliphatic heterocycles. The van der Waals surface area contributed by atoms with E-state index in [4.69, 9.17) is 4.74 Å². The van der Waals surface area contributed by atoms with Crippen LogP contribution in [0.5, 0.6) is 5.75 Å². The molecule has 5 heteroatoms. The molecule has 1 atom stereocenters. The lowest BCUT2D eigenvalue weighted by molar-refractivity contribution is -0.126. The number of hydrogen-bond acceptors (Lipinski definition) is 3. The molecule has 0 aromatic heterocycles. The zero-order valence-corrected chi connectivity index (χ0v) is 14.2. The fraction of sp³-hybridized carbons (Fsp3) is 0.556. The Kier molecular flexibility index (Phi) is 6.02. The molecule has 126 valence electrons. The number of benzene rings is 1. The van der Waals surface area contributed by atoms with Crippen LogP contribution >= 0.6 is 0 Å². The second kappa shape index (κ2) is 7.99. The Bertz CT molecular complexity index is 551. The second-order valence-electron chi connectivity index (χ2n) is 6.12. The van der Waals surface area contributed by atoms with Crippen molar-refractivity contribution in [1.29, 1.82) is 0 Å². The highest BCUT2D eigenvalue weighted by atomic mass is 16.5. The third-order valence-corrected chi connectivity index (χ3v) is 4.47. The summed E-state index contributed by atoms with van der Waals surface area (Å²) in [5, 5.41) is 3.03. The molecule has 1 aromatic rings. The number of rotatable bonds is 5. The Morgan fingerprint density at radius 2 is 2.04 bits per heavy atom. The molecule has 0 saturated carbocycles. The molecule has 0 spiro atoms. The van der Waals surface area contributed by atoms with Gasteiger partial charge in [0.25, 0.3) is 5.91 Å². The topological polar surface area (TPSA) is 58.6 Å². The van der Waals surface area contributed by atoms with Gasteiger partial charge in [0.1, 0.15) is 5.75 Å². The monoisotopic (exact) mass is 318 g/mol. The molecule has 1 N–H and O–H groups in total. The highest BCUT2D eigenvalue weighted by Crippen LogP contribution is 2.21. The molecule has 1 saturated heterocycles. The van der Waals surface area contributed by atoms with Crippen LogP contribution in [0.4, 0.5) is 0 Å². The maximum atomic E-state index is 12.5. The molecule has 0 radical (unpaired) electrons. The van der Waals surface area contributed by atoms with Crippen molar-refractivity contribution in [2.75, 3.05) is 20.2 Å². The van der Waals surface area contributed by atoms with E-state index < -0.39 is 0 Å².